The van der Waals surface area contributed by atoms with Crippen LogP contribution in [0.5, 0.6) is 0 Å². The van der Waals surface area contributed by atoms with Crippen molar-refractivity contribution in [1.29, 1.82) is 0 Å². The molecule has 0 radical (unpaired) electrons. The van der Waals surface area contributed by atoms with Crippen molar-refractivity contribution in [1.82, 2.24) is 19.3 Å². The molecule has 1 aliphatic heterocycles. The Labute approximate surface area is 178 Å². The van der Waals surface area contributed by atoms with Gasteiger partial charge in [-0.1, -0.05) is 6.07 Å². The van der Waals surface area contributed by atoms with Gasteiger partial charge in [0.2, 0.25) is 10.0 Å². The molecule has 1 N–H and O–H groups in total. The minimum atomic E-state index is -4.06. The van der Waals surface area contributed by atoms with Gasteiger partial charge in [0.15, 0.2) is 0 Å². The Kier molecular flexibility index (Phi) is 5.79. The van der Waals surface area contributed by atoms with E-state index in [9.17, 15) is 17.2 Å². The van der Waals surface area contributed by atoms with Gasteiger partial charge >= 0.3 is 0 Å². The number of benzene rings is 1. The molecule has 0 amide bonds. The number of hydrogen-bond donors (Lipinski definition) is 1. The molecule has 1 aromatic carbocycles. The maximum Gasteiger partial charge on any atom is 0.246 e. The summed E-state index contributed by atoms with van der Waals surface area (Å²) in [4.78, 5) is 14.4. The zero-order valence-corrected chi connectivity index (χ0v) is 17.5. The molecule has 1 fully saturated rings. The van der Waals surface area contributed by atoms with E-state index in [1.165, 1.54) is 4.31 Å². The zero-order chi connectivity index (χ0) is 22.0. The quantitative estimate of drug-likeness (QED) is 0.644. The summed E-state index contributed by atoms with van der Waals surface area (Å²) in [6, 6.07) is 9.71. The van der Waals surface area contributed by atoms with E-state index in [0.29, 0.717) is 42.4 Å². The lowest BCUT2D eigenvalue weighted by Gasteiger charge is -2.34. The van der Waals surface area contributed by atoms with Crippen LogP contribution in [-0.2, 0) is 10.0 Å². The number of aryl methyl sites for hydroxylation is 1. The van der Waals surface area contributed by atoms with Crippen LogP contribution in [0.25, 0.3) is 0 Å². The normalized spacial score (nSPS) is 15.1. The summed E-state index contributed by atoms with van der Waals surface area (Å²) in [5.74, 6) is 0.498. The lowest BCUT2D eigenvalue weighted by molar-refractivity contribution is 0.381. The molecule has 0 spiro atoms. The monoisotopic (exact) mass is 446 g/mol. The predicted molar refractivity (Wildman–Crippen MR) is 112 cm³/mol. The number of nitrogens with zero attached hydrogens (tertiary/aromatic N) is 5. The highest BCUT2D eigenvalue weighted by Crippen LogP contribution is 2.24. The Morgan fingerprint density at radius 1 is 0.968 bits per heavy atom. The number of rotatable bonds is 5. The number of piperazine rings is 1. The molecule has 2 aromatic heterocycles. The molecule has 31 heavy (non-hydrogen) atoms. The Morgan fingerprint density at radius 2 is 1.74 bits per heavy atom. The Balaban J connectivity index is 1.48. The number of anilines is 3. The SMILES string of the molecule is Cc1nc(Nc2ccccn2)cc(N2CCN(S(=O)(=O)c3ccc(F)cc3F)CC2)n1. The van der Waals surface area contributed by atoms with Gasteiger partial charge in [0.05, 0.1) is 0 Å². The lowest BCUT2D eigenvalue weighted by Crippen LogP contribution is -2.49. The molecule has 8 nitrogen and oxygen atoms in total. The van der Waals surface area contributed by atoms with Crippen LogP contribution < -0.4 is 10.2 Å². The molecule has 0 unspecified atom stereocenters. The fraction of sp³-hybridized carbons (Fsp3) is 0.250. The molecular weight excluding hydrogens is 426 g/mol. The van der Waals surface area contributed by atoms with Crippen molar-refractivity contribution in [3.05, 3.63) is 66.1 Å². The molecule has 162 valence electrons. The number of hydrogen-bond acceptors (Lipinski definition) is 7. The van der Waals surface area contributed by atoms with E-state index in [2.05, 4.69) is 20.3 Å². The largest absolute Gasteiger partial charge is 0.354 e. The molecule has 0 bridgehead atoms. The number of aromatic nitrogens is 3. The van der Waals surface area contributed by atoms with Gasteiger partial charge in [0.25, 0.3) is 0 Å². The first-order chi connectivity index (χ1) is 14.8. The highest BCUT2D eigenvalue weighted by Gasteiger charge is 2.31. The van der Waals surface area contributed by atoms with Gasteiger partial charge in [0.1, 0.15) is 39.8 Å². The van der Waals surface area contributed by atoms with Gasteiger partial charge in [-0.15, -0.1) is 0 Å². The van der Waals surface area contributed by atoms with Gasteiger partial charge in [-0.3, -0.25) is 0 Å². The van der Waals surface area contributed by atoms with E-state index in [1.54, 1.807) is 19.2 Å². The molecule has 4 rings (SSSR count). The Morgan fingerprint density at radius 3 is 2.42 bits per heavy atom. The summed E-state index contributed by atoms with van der Waals surface area (Å²) in [7, 11) is -4.06. The first-order valence-electron chi connectivity index (χ1n) is 9.57. The van der Waals surface area contributed by atoms with Gasteiger partial charge in [-0.05, 0) is 31.2 Å². The van der Waals surface area contributed by atoms with Crippen LogP contribution >= 0.6 is 0 Å². The van der Waals surface area contributed by atoms with Crippen LogP contribution in [0.15, 0.2) is 53.6 Å². The molecule has 0 saturated carbocycles. The second kappa shape index (κ2) is 8.52. The molecule has 1 saturated heterocycles. The molecular formula is C20H20F2N6O2S. The minimum Gasteiger partial charge on any atom is -0.354 e. The zero-order valence-electron chi connectivity index (χ0n) is 16.7. The summed E-state index contributed by atoms with van der Waals surface area (Å²) < 4.78 is 53.9. The Hall–Kier alpha value is -3.18. The third kappa shape index (κ3) is 4.62. The number of pyridine rings is 1. The highest BCUT2D eigenvalue weighted by atomic mass is 32.2. The number of halogens is 2. The molecule has 3 heterocycles. The second-order valence-electron chi connectivity index (χ2n) is 6.96. The van der Waals surface area contributed by atoms with E-state index in [0.717, 1.165) is 12.1 Å². The fourth-order valence-electron chi connectivity index (χ4n) is 3.33. The van der Waals surface area contributed by atoms with E-state index in [-0.39, 0.29) is 13.1 Å². The van der Waals surface area contributed by atoms with Crippen LogP contribution in [0.2, 0.25) is 0 Å². The van der Waals surface area contributed by atoms with Crippen molar-refractivity contribution >= 4 is 27.5 Å². The third-order valence-electron chi connectivity index (χ3n) is 4.82. The van der Waals surface area contributed by atoms with Gasteiger partial charge < -0.3 is 10.2 Å². The molecule has 3 aromatic rings. The van der Waals surface area contributed by atoms with E-state index in [1.807, 2.05) is 23.1 Å². The van der Waals surface area contributed by atoms with E-state index >= 15 is 0 Å². The van der Waals surface area contributed by atoms with Crippen LogP contribution in [0, 0.1) is 18.6 Å². The first kappa shape index (κ1) is 21.1. The number of nitrogens with one attached hydrogen (secondary N) is 1. The maximum absolute atomic E-state index is 14.0. The maximum atomic E-state index is 14.0. The topological polar surface area (TPSA) is 91.3 Å². The third-order valence-corrected chi connectivity index (χ3v) is 6.75. The van der Waals surface area contributed by atoms with Crippen LogP contribution in [0.3, 0.4) is 0 Å². The molecule has 0 atom stereocenters. The van der Waals surface area contributed by atoms with Gasteiger partial charge in [0, 0.05) is 44.5 Å². The summed E-state index contributed by atoms with van der Waals surface area (Å²) in [6.07, 6.45) is 1.67. The van der Waals surface area contributed by atoms with Crippen molar-refractivity contribution in [2.45, 2.75) is 11.8 Å². The van der Waals surface area contributed by atoms with E-state index in [4.69, 9.17) is 0 Å². The Bertz CT molecular complexity index is 1190. The summed E-state index contributed by atoms with van der Waals surface area (Å²) >= 11 is 0. The van der Waals surface area contributed by atoms with Crippen molar-refractivity contribution < 1.29 is 17.2 Å². The standard InChI is InChI=1S/C20H20F2N6O2S/c1-14-24-19(26-18-4-2-3-7-23-18)13-20(25-14)27-8-10-28(11-9-27)31(29,30)17-6-5-15(21)12-16(17)22/h2-7,12-13H,8-11H2,1H3,(H,23,24,25,26). The van der Waals surface area contributed by atoms with Gasteiger partial charge in [-0.25, -0.2) is 32.2 Å². The fourth-order valence-corrected chi connectivity index (χ4v) is 4.79. The molecule has 0 aliphatic carbocycles. The highest BCUT2D eigenvalue weighted by molar-refractivity contribution is 7.89. The summed E-state index contributed by atoms with van der Waals surface area (Å²) in [5.41, 5.74) is 0. The van der Waals surface area contributed by atoms with Crippen LogP contribution in [0.4, 0.5) is 26.2 Å². The van der Waals surface area contributed by atoms with Crippen molar-refractivity contribution in [3.63, 3.8) is 0 Å². The van der Waals surface area contributed by atoms with Crippen LogP contribution in [-0.4, -0.2) is 53.9 Å². The minimum absolute atomic E-state index is 0.144. The van der Waals surface area contributed by atoms with E-state index < -0.39 is 26.6 Å². The molecule has 11 heteroatoms. The second-order valence-corrected chi connectivity index (χ2v) is 8.87. The van der Waals surface area contributed by atoms with Crippen molar-refractivity contribution in [2.24, 2.45) is 0 Å². The van der Waals surface area contributed by atoms with Crippen molar-refractivity contribution in [3.8, 4) is 0 Å². The van der Waals surface area contributed by atoms with Crippen molar-refractivity contribution in [2.75, 3.05) is 36.4 Å². The summed E-state index contributed by atoms with van der Waals surface area (Å²) in [5, 5.41) is 3.12. The number of sulfonamides is 1. The first-order valence-corrected chi connectivity index (χ1v) is 11.0. The average molecular weight is 446 g/mol. The predicted octanol–water partition coefficient (Wildman–Crippen LogP) is 2.71. The molecule has 1 aliphatic rings. The average Bonchev–Trinajstić information content (AvgIpc) is 2.74. The lowest BCUT2D eigenvalue weighted by atomic mass is 10.3. The summed E-state index contributed by atoms with van der Waals surface area (Å²) in [6.45, 7) is 2.78. The smallest absolute Gasteiger partial charge is 0.246 e. The van der Waals surface area contributed by atoms with Gasteiger partial charge in [-0.2, -0.15) is 4.31 Å². The van der Waals surface area contributed by atoms with Crippen LogP contribution in [0.1, 0.15) is 5.82 Å².